The molecule has 1 aliphatic rings. The Bertz CT molecular complexity index is 146. The van der Waals surface area contributed by atoms with Gasteiger partial charge in [0.1, 0.15) is 12.2 Å². The van der Waals surface area contributed by atoms with E-state index in [9.17, 15) is 10.2 Å². The molecule has 72 valence electrons. The minimum Gasteiger partial charge on any atom is -0.394 e. The number of aliphatic hydroxyl groups excluding tert-OH is 4. The van der Waals surface area contributed by atoms with E-state index in [0.29, 0.717) is 0 Å². The maximum atomic E-state index is 9.32. The normalized spacial score (nSPS) is 49.2. The topological polar surface area (TPSA) is 90.2 Å². The first-order valence-electron chi connectivity index (χ1n) is 3.88. The van der Waals surface area contributed by atoms with E-state index in [2.05, 4.69) is 0 Å². The average molecular weight is 178 g/mol. The minimum atomic E-state index is -1.13. The molecule has 1 fully saturated rings. The highest BCUT2D eigenvalue weighted by molar-refractivity contribution is 4.86. The van der Waals surface area contributed by atoms with Crippen molar-refractivity contribution in [3.63, 3.8) is 0 Å². The molecule has 0 amide bonds. The number of hydrogen-bond acceptors (Lipinski definition) is 5. The molecule has 1 heterocycles. The summed E-state index contributed by atoms with van der Waals surface area (Å²) in [5.41, 5.74) is 0. The van der Waals surface area contributed by atoms with Gasteiger partial charge < -0.3 is 25.2 Å². The first kappa shape index (κ1) is 9.88. The molecule has 5 heteroatoms. The van der Waals surface area contributed by atoms with E-state index < -0.39 is 37.1 Å². The predicted molar refractivity (Wildman–Crippen MR) is 39.1 cm³/mol. The highest BCUT2D eigenvalue weighted by Crippen LogP contribution is 2.23. The fourth-order valence-corrected chi connectivity index (χ4v) is 1.23. The van der Waals surface area contributed by atoms with E-state index in [1.54, 1.807) is 6.92 Å². The van der Waals surface area contributed by atoms with Crippen LogP contribution < -0.4 is 0 Å². The number of aliphatic hydroxyl groups is 4. The van der Waals surface area contributed by atoms with Crippen molar-refractivity contribution in [3.05, 3.63) is 0 Å². The van der Waals surface area contributed by atoms with Gasteiger partial charge in [-0.15, -0.1) is 0 Å². The molecule has 0 aromatic carbocycles. The van der Waals surface area contributed by atoms with E-state index in [1.807, 2.05) is 0 Å². The van der Waals surface area contributed by atoms with Gasteiger partial charge in [0.05, 0.1) is 12.7 Å². The molecular formula is C7H14O5. The summed E-state index contributed by atoms with van der Waals surface area (Å²) >= 11 is 0. The standard InChI is InChI=1S/C7H14O5/c1-3-5(9)6(10)4(2-8)12-7(3)11/h3-11H,2H2,1H3/t3-,4-,5-,6+,7?/m1/s1. The maximum Gasteiger partial charge on any atom is 0.160 e. The molecule has 1 saturated heterocycles. The first-order valence-corrected chi connectivity index (χ1v) is 3.88. The van der Waals surface area contributed by atoms with Gasteiger partial charge in [0.15, 0.2) is 6.29 Å². The van der Waals surface area contributed by atoms with Gasteiger partial charge in [-0.1, -0.05) is 6.92 Å². The summed E-state index contributed by atoms with van der Waals surface area (Å²) in [6.07, 6.45) is -4.20. The van der Waals surface area contributed by atoms with Crippen molar-refractivity contribution in [2.75, 3.05) is 6.61 Å². The van der Waals surface area contributed by atoms with Gasteiger partial charge in [0, 0.05) is 5.92 Å². The van der Waals surface area contributed by atoms with Crippen molar-refractivity contribution in [2.45, 2.75) is 31.5 Å². The van der Waals surface area contributed by atoms with Crippen LogP contribution in [0, 0.1) is 5.92 Å². The monoisotopic (exact) mass is 178 g/mol. The van der Waals surface area contributed by atoms with Crippen LogP contribution >= 0.6 is 0 Å². The predicted octanol–water partition coefficient (Wildman–Crippen LogP) is -1.95. The van der Waals surface area contributed by atoms with E-state index >= 15 is 0 Å². The van der Waals surface area contributed by atoms with E-state index in [4.69, 9.17) is 14.9 Å². The summed E-state index contributed by atoms with van der Waals surface area (Å²) in [6.45, 7) is 1.15. The SMILES string of the molecule is C[C@H]1C(O)O[C@H](CO)[C@H](O)[C@@H]1O. The molecular weight excluding hydrogens is 164 g/mol. The van der Waals surface area contributed by atoms with Gasteiger partial charge in [-0.2, -0.15) is 0 Å². The van der Waals surface area contributed by atoms with Crippen LogP contribution in [0.25, 0.3) is 0 Å². The zero-order chi connectivity index (χ0) is 9.30. The number of hydrogen-bond donors (Lipinski definition) is 4. The molecule has 5 nitrogen and oxygen atoms in total. The van der Waals surface area contributed by atoms with Gasteiger partial charge in [-0.25, -0.2) is 0 Å². The van der Waals surface area contributed by atoms with Crippen LogP contribution in [0.5, 0.6) is 0 Å². The molecule has 0 spiro atoms. The smallest absolute Gasteiger partial charge is 0.160 e. The fraction of sp³-hybridized carbons (Fsp3) is 1.00. The molecule has 0 radical (unpaired) electrons. The lowest BCUT2D eigenvalue weighted by Crippen LogP contribution is -2.54. The Morgan fingerprint density at radius 3 is 2.25 bits per heavy atom. The molecule has 12 heavy (non-hydrogen) atoms. The Hall–Kier alpha value is -0.200. The largest absolute Gasteiger partial charge is 0.394 e. The summed E-state index contributed by atoms with van der Waals surface area (Å²) in [5, 5.41) is 36.4. The molecule has 0 aromatic rings. The first-order chi connectivity index (χ1) is 5.57. The molecule has 0 saturated carbocycles. The van der Waals surface area contributed by atoms with Crippen LogP contribution in [0.2, 0.25) is 0 Å². The van der Waals surface area contributed by atoms with Gasteiger partial charge in [0.25, 0.3) is 0 Å². The lowest BCUT2D eigenvalue weighted by atomic mass is 9.93. The highest BCUT2D eigenvalue weighted by Gasteiger charge is 2.40. The van der Waals surface area contributed by atoms with Gasteiger partial charge in [-0.3, -0.25) is 0 Å². The van der Waals surface area contributed by atoms with Crippen LogP contribution in [-0.4, -0.2) is 51.6 Å². The highest BCUT2D eigenvalue weighted by atomic mass is 16.6. The van der Waals surface area contributed by atoms with Gasteiger partial charge >= 0.3 is 0 Å². The zero-order valence-corrected chi connectivity index (χ0v) is 6.79. The second kappa shape index (κ2) is 3.68. The molecule has 0 aromatic heterocycles. The molecule has 1 unspecified atom stereocenters. The lowest BCUT2D eigenvalue weighted by Gasteiger charge is -2.38. The summed E-state index contributed by atoms with van der Waals surface area (Å²) in [7, 11) is 0. The number of rotatable bonds is 1. The average Bonchev–Trinajstić information content (AvgIpc) is 2.08. The molecule has 4 N–H and O–H groups in total. The van der Waals surface area contributed by atoms with Crippen molar-refractivity contribution in [2.24, 2.45) is 5.92 Å². The third-order valence-electron chi connectivity index (χ3n) is 2.21. The summed E-state index contributed by atoms with van der Waals surface area (Å²) < 4.78 is 4.83. The lowest BCUT2D eigenvalue weighted by molar-refractivity contribution is -0.266. The quantitative estimate of drug-likeness (QED) is 0.375. The van der Waals surface area contributed by atoms with Crippen molar-refractivity contribution < 1.29 is 25.2 Å². The Morgan fingerprint density at radius 1 is 1.17 bits per heavy atom. The molecule has 5 atom stereocenters. The number of ether oxygens (including phenoxy) is 1. The van der Waals surface area contributed by atoms with Crippen LogP contribution in [0.15, 0.2) is 0 Å². The summed E-state index contributed by atoms with van der Waals surface area (Å²) in [6, 6.07) is 0. The third kappa shape index (κ3) is 1.60. The third-order valence-corrected chi connectivity index (χ3v) is 2.21. The van der Waals surface area contributed by atoms with Crippen molar-refractivity contribution >= 4 is 0 Å². The molecule has 0 aliphatic carbocycles. The summed E-state index contributed by atoms with van der Waals surface area (Å²) in [5.74, 6) is -0.539. The fourth-order valence-electron chi connectivity index (χ4n) is 1.23. The van der Waals surface area contributed by atoms with Gasteiger partial charge in [-0.05, 0) is 0 Å². The Kier molecular flexibility index (Phi) is 3.03. The van der Waals surface area contributed by atoms with E-state index in [1.165, 1.54) is 0 Å². The van der Waals surface area contributed by atoms with Crippen LogP contribution in [0.1, 0.15) is 6.92 Å². The van der Waals surface area contributed by atoms with Crippen LogP contribution in [-0.2, 0) is 4.74 Å². The minimum absolute atomic E-state index is 0.415. The van der Waals surface area contributed by atoms with E-state index in [-0.39, 0.29) is 0 Å². The van der Waals surface area contributed by atoms with Crippen molar-refractivity contribution in [3.8, 4) is 0 Å². The molecule has 1 aliphatic heterocycles. The van der Waals surface area contributed by atoms with Gasteiger partial charge in [0.2, 0.25) is 0 Å². The molecule has 1 rings (SSSR count). The molecule has 0 bridgehead atoms. The summed E-state index contributed by atoms with van der Waals surface area (Å²) in [4.78, 5) is 0. The van der Waals surface area contributed by atoms with Crippen molar-refractivity contribution in [1.82, 2.24) is 0 Å². The zero-order valence-electron chi connectivity index (χ0n) is 6.79. The van der Waals surface area contributed by atoms with E-state index in [0.717, 1.165) is 0 Å². The van der Waals surface area contributed by atoms with Crippen LogP contribution in [0.4, 0.5) is 0 Å². The Morgan fingerprint density at radius 2 is 1.75 bits per heavy atom. The maximum absolute atomic E-state index is 9.32. The second-order valence-corrected chi connectivity index (χ2v) is 3.09. The van der Waals surface area contributed by atoms with Crippen LogP contribution in [0.3, 0.4) is 0 Å². The Labute approximate surface area is 70.2 Å². The van der Waals surface area contributed by atoms with Crippen molar-refractivity contribution in [1.29, 1.82) is 0 Å². The second-order valence-electron chi connectivity index (χ2n) is 3.09. The Balaban J connectivity index is 2.63.